The number of esters is 1. The zero-order chi connectivity index (χ0) is 14.4. The summed E-state index contributed by atoms with van der Waals surface area (Å²) in [5, 5.41) is 0. The molecular weight excluding hydrogens is 262 g/mol. The molecule has 6 heteroatoms. The van der Waals surface area contributed by atoms with E-state index in [0.717, 1.165) is 0 Å². The largest absolute Gasteiger partial charge is 0.494 e. The maximum Gasteiger partial charge on any atom is 0.399 e. The molecule has 1 heterocycles. The van der Waals surface area contributed by atoms with Crippen molar-refractivity contribution >= 4 is 5.97 Å². The van der Waals surface area contributed by atoms with Gasteiger partial charge in [0, 0.05) is 6.07 Å². The highest BCUT2D eigenvalue weighted by Gasteiger charge is 2.14. The second-order valence-corrected chi connectivity index (χ2v) is 3.73. The molecule has 0 fully saturated rings. The predicted molar refractivity (Wildman–Crippen MR) is 70.1 cm³/mol. The molecule has 0 N–H and O–H groups in total. The first-order valence-corrected chi connectivity index (χ1v) is 6.26. The second kappa shape index (κ2) is 6.60. The van der Waals surface area contributed by atoms with Gasteiger partial charge in [0.25, 0.3) is 0 Å². The molecule has 20 heavy (non-hydrogen) atoms. The molecule has 0 unspecified atom stereocenters. The molecule has 0 saturated heterocycles. The predicted octanol–water partition coefficient (Wildman–Crippen LogP) is 3.04. The van der Waals surface area contributed by atoms with E-state index in [9.17, 15) is 4.79 Å². The Morgan fingerprint density at radius 2 is 2.05 bits per heavy atom. The van der Waals surface area contributed by atoms with Crippen LogP contribution in [0.4, 0.5) is 0 Å². The molecule has 0 aliphatic carbocycles. The Morgan fingerprint density at radius 3 is 2.80 bits per heavy atom. The third-order valence-corrected chi connectivity index (χ3v) is 2.29. The van der Waals surface area contributed by atoms with Crippen LogP contribution in [-0.2, 0) is 4.74 Å². The van der Waals surface area contributed by atoms with Gasteiger partial charge in [-0.15, -0.1) is 0 Å². The van der Waals surface area contributed by atoms with Crippen LogP contribution in [0.5, 0.6) is 17.6 Å². The van der Waals surface area contributed by atoms with E-state index in [4.69, 9.17) is 18.6 Å². The molecule has 0 spiro atoms. The van der Waals surface area contributed by atoms with Crippen molar-refractivity contribution in [1.29, 1.82) is 0 Å². The number of benzene rings is 1. The average molecular weight is 277 g/mol. The van der Waals surface area contributed by atoms with Gasteiger partial charge in [0.1, 0.15) is 17.8 Å². The van der Waals surface area contributed by atoms with E-state index >= 15 is 0 Å². The van der Waals surface area contributed by atoms with Gasteiger partial charge in [-0.3, -0.25) is 0 Å². The minimum absolute atomic E-state index is 0.0262. The first-order valence-electron chi connectivity index (χ1n) is 6.26. The number of aromatic nitrogens is 1. The summed E-state index contributed by atoms with van der Waals surface area (Å²) >= 11 is 0. The summed E-state index contributed by atoms with van der Waals surface area (Å²) in [4.78, 5) is 15.3. The third-order valence-electron chi connectivity index (χ3n) is 2.29. The molecular formula is C14H15NO5. The fourth-order valence-electron chi connectivity index (χ4n) is 1.50. The summed E-state index contributed by atoms with van der Waals surface area (Å²) in [6, 6.07) is 7.04. The molecule has 0 atom stereocenters. The molecule has 106 valence electrons. The number of hydrogen-bond acceptors (Lipinski definition) is 6. The molecule has 0 bridgehead atoms. The summed E-state index contributed by atoms with van der Waals surface area (Å²) in [5.41, 5.74) is 0.0720. The lowest BCUT2D eigenvalue weighted by molar-refractivity contribution is 0.0519. The van der Waals surface area contributed by atoms with Crippen LogP contribution in [0.1, 0.15) is 24.3 Å². The molecule has 0 amide bonds. The van der Waals surface area contributed by atoms with Gasteiger partial charge < -0.3 is 18.6 Å². The van der Waals surface area contributed by atoms with Crippen LogP contribution in [-0.4, -0.2) is 24.2 Å². The van der Waals surface area contributed by atoms with Crippen LogP contribution in [0.3, 0.4) is 0 Å². The summed E-state index contributed by atoms with van der Waals surface area (Å²) < 4.78 is 20.6. The highest BCUT2D eigenvalue weighted by Crippen LogP contribution is 2.24. The van der Waals surface area contributed by atoms with Crippen molar-refractivity contribution in [1.82, 2.24) is 4.98 Å². The van der Waals surface area contributed by atoms with Crippen molar-refractivity contribution in [3.8, 4) is 17.6 Å². The first kappa shape index (κ1) is 13.9. The Morgan fingerprint density at radius 1 is 1.25 bits per heavy atom. The molecule has 1 aromatic heterocycles. The number of carbonyl (C=O) groups excluding carboxylic acids is 1. The van der Waals surface area contributed by atoms with E-state index in [-0.39, 0.29) is 18.4 Å². The van der Waals surface area contributed by atoms with Crippen molar-refractivity contribution in [2.24, 2.45) is 0 Å². The standard InChI is InChI=1S/C14H15NO5/c1-3-17-10-6-5-7-11(8-10)20-14-15-12(9-19-14)13(16)18-4-2/h5-9H,3-4H2,1-2H3. The van der Waals surface area contributed by atoms with E-state index in [1.54, 1.807) is 25.1 Å². The fourth-order valence-corrected chi connectivity index (χ4v) is 1.50. The van der Waals surface area contributed by atoms with Crippen molar-refractivity contribution < 1.29 is 23.4 Å². The molecule has 1 aromatic carbocycles. The van der Waals surface area contributed by atoms with E-state index in [0.29, 0.717) is 18.1 Å². The smallest absolute Gasteiger partial charge is 0.399 e. The number of nitrogens with zero attached hydrogens (tertiary/aromatic N) is 1. The second-order valence-electron chi connectivity index (χ2n) is 3.73. The highest BCUT2D eigenvalue weighted by molar-refractivity contribution is 5.86. The number of ether oxygens (including phenoxy) is 3. The van der Waals surface area contributed by atoms with Gasteiger partial charge in [0.15, 0.2) is 5.69 Å². The Bertz CT molecular complexity index is 578. The van der Waals surface area contributed by atoms with Crippen LogP contribution < -0.4 is 9.47 Å². The van der Waals surface area contributed by atoms with E-state index in [1.165, 1.54) is 6.26 Å². The van der Waals surface area contributed by atoms with Crippen LogP contribution in [0.2, 0.25) is 0 Å². The van der Waals surface area contributed by atoms with Crippen molar-refractivity contribution in [3.05, 3.63) is 36.2 Å². The summed E-state index contributed by atoms with van der Waals surface area (Å²) in [6.45, 7) is 4.45. The lowest BCUT2D eigenvalue weighted by Gasteiger charge is -2.04. The third kappa shape index (κ3) is 3.50. The summed E-state index contributed by atoms with van der Waals surface area (Å²) in [5.74, 6) is 0.643. The van der Waals surface area contributed by atoms with Crippen molar-refractivity contribution in [3.63, 3.8) is 0 Å². The van der Waals surface area contributed by atoms with E-state index in [2.05, 4.69) is 4.98 Å². The highest BCUT2D eigenvalue weighted by atomic mass is 16.6. The van der Waals surface area contributed by atoms with Crippen LogP contribution in [0, 0.1) is 0 Å². The zero-order valence-corrected chi connectivity index (χ0v) is 11.3. The Hall–Kier alpha value is -2.50. The van der Waals surface area contributed by atoms with Gasteiger partial charge in [0.2, 0.25) is 0 Å². The number of rotatable bonds is 6. The molecule has 0 radical (unpaired) electrons. The van der Waals surface area contributed by atoms with Gasteiger partial charge >= 0.3 is 12.0 Å². The van der Waals surface area contributed by atoms with Gasteiger partial charge in [0.05, 0.1) is 13.2 Å². The average Bonchev–Trinajstić information content (AvgIpc) is 2.88. The topological polar surface area (TPSA) is 70.8 Å². The Labute approximate surface area is 116 Å². The lowest BCUT2D eigenvalue weighted by Crippen LogP contribution is -2.04. The van der Waals surface area contributed by atoms with Gasteiger partial charge in [-0.05, 0) is 26.0 Å². The normalized spacial score (nSPS) is 10.1. The van der Waals surface area contributed by atoms with Gasteiger partial charge in [-0.25, -0.2) is 4.79 Å². The molecule has 0 aliphatic rings. The fraction of sp³-hybridized carbons (Fsp3) is 0.286. The molecule has 2 rings (SSSR count). The lowest BCUT2D eigenvalue weighted by atomic mass is 10.3. The maximum absolute atomic E-state index is 11.4. The van der Waals surface area contributed by atoms with Gasteiger partial charge in [-0.2, -0.15) is 4.98 Å². The maximum atomic E-state index is 11.4. The monoisotopic (exact) mass is 277 g/mol. The Balaban J connectivity index is 2.06. The molecule has 0 aliphatic heterocycles. The SMILES string of the molecule is CCOC(=O)c1coc(Oc2cccc(OCC)c2)n1. The van der Waals surface area contributed by atoms with Crippen LogP contribution in [0.15, 0.2) is 34.9 Å². The zero-order valence-electron chi connectivity index (χ0n) is 11.3. The van der Waals surface area contributed by atoms with Crippen LogP contribution in [0.25, 0.3) is 0 Å². The first-order chi connectivity index (χ1) is 9.72. The molecule has 0 saturated carbocycles. The number of carbonyl (C=O) groups is 1. The van der Waals surface area contributed by atoms with E-state index < -0.39 is 5.97 Å². The summed E-state index contributed by atoms with van der Waals surface area (Å²) in [6.07, 6.45) is 1.17. The van der Waals surface area contributed by atoms with Crippen LogP contribution >= 0.6 is 0 Å². The quantitative estimate of drug-likeness (QED) is 0.756. The van der Waals surface area contributed by atoms with E-state index in [1.807, 2.05) is 13.0 Å². The summed E-state index contributed by atoms with van der Waals surface area (Å²) in [7, 11) is 0. The minimum Gasteiger partial charge on any atom is -0.494 e. The Kier molecular flexibility index (Phi) is 4.60. The van der Waals surface area contributed by atoms with Crippen molar-refractivity contribution in [2.75, 3.05) is 13.2 Å². The minimum atomic E-state index is -0.547. The van der Waals surface area contributed by atoms with Crippen molar-refractivity contribution in [2.45, 2.75) is 13.8 Å². The molecule has 2 aromatic rings. The van der Waals surface area contributed by atoms with Gasteiger partial charge in [-0.1, -0.05) is 6.07 Å². The number of hydrogen-bond donors (Lipinski definition) is 0. The molecule has 6 nitrogen and oxygen atoms in total. The number of oxazole rings is 1.